The van der Waals surface area contributed by atoms with Gasteiger partial charge < -0.3 is 16.6 Å². The lowest BCUT2D eigenvalue weighted by Crippen LogP contribution is -2.43. The van der Waals surface area contributed by atoms with Crippen molar-refractivity contribution in [3.63, 3.8) is 0 Å². The fraction of sp³-hybridized carbons (Fsp3) is 1.00. The van der Waals surface area contributed by atoms with Gasteiger partial charge in [-0.2, -0.15) is 0 Å². The van der Waals surface area contributed by atoms with E-state index in [4.69, 9.17) is 16.6 Å². The quantitative estimate of drug-likeness (QED) is 0.347. The number of aliphatic hydroxyl groups is 1. The lowest BCUT2D eigenvalue weighted by molar-refractivity contribution is 0.0766. The largest absolute Gasteiger partial charge is 0.375 e. The van der Waals surface area contributed by atoms with Gasteiger partial charge in [0.05, 0.1) is 0 Å². The third-order valence-corrected chi connectivity index (χ3v) is 0.413. The molecule has 0 aromatic rings. The Morgan fingerprint density at radius 1 is 1.83 bits per heavy atom. The molecule has 0 bridgehead atoms. The van der Waals surface area contributed by atoms with E-state index < -0.39 is 5.72 Å². The summed E-state index contributed by atoms with van der Waals surface area (Å²) >= 11 is 0. The van der Waals surface area contributed by atoms with Gasteiger partial charge in [-0.15, -0.1) is 0 Å². The Kier molecular flexibility index (Phi) is 1.52. The second kappa shape index (κ2) is 1.55. The molecule has 0 fully saturated rings. The first-order valence-corrected chi connectivity index (χ1v) is 1.77. The van der Waals surface area contributed by atoms with E-state index in [0.717, 1.165) is 0 Å². The predicted octanol–water partition coefficient (Wildman–Crippen LogP) is -1.39. The molecule has 6 heavy (non-hydrogen) atoms. The van der Waals surface area contributed by atoms with Crippen LogP contribution in [0.25, 0.3) is 0 Å². The molecule has 3 heteroatoms. The Morgan fingerprint density at radius 3 is 2.00 bits per heavy atom. The van der Waals surface area contributed by atoms with Gasteiger partial charge in [0.2, 0.25) is 0 Å². The minimum Gasteiger partial charge on any atom is -0.375 e. The molecule has 0 aliphatic rings. The van der Waals surface area contributed by atoms with E-state index in [0.29, 0.717) is 0 Å². The highest BCUT2D eigenvalue weighted by Crippen LogP contribution is 1.82. The molecule has 1 atom stereocenters. The van der Waals surface area contributed by atoms with Gasteiger partial charge in [-0.3, -0.25) is 0 Å². The molecular formula is C3H10N2O. The van der Waals surface area contributed by atoms with Crippen molar-refractivity contribution in [3.05, 3.63) is 0 Å². The summed E-state index contributed by atoms with van der Waals surface area (Å²) in [5.74, 6) is 0. The van der Waals surface area contributed by atoms with Gasteiger partial charge in [0.15, 0.2) is 0 Å². The highest BCUT2D eigenvalue weighted by Gasteiger charge is 2.06. The first-order valence-electron chi connectivity index (χ1n) is 1.77. The van der Waals surface area contributed by atoms with E-state index in [9.17, 15) is 0 Å². The Bertz CT molecular complexity index is 38.5. The van der Waals surface area contributed by atoms with Crippen LogP contribution in [-0.4, -0.2) is 17.4 Å². The van der Waals surface area contributed by atoms with Gasteiger partial charge in [0.25, 0.3) is 0 Å². The molecule has 0 aliphatic carbocycles. The summed E-state index contributed by atoms with van der Waals surface area (Å²) in [6, 6.07) is 0. The fourth-order valence-electron chi connectivity index (χ4n) is 0. The van der Waals surface area contributed by atoms with Crippen LogP contribution in [0.1, 0.15) is 6.92 Å². The van der Waals surface area contributed by atoms with Crippen molar-refractivity contribution in [1.29, 1.82) is 0 Å². The van der Waals surface area contributed by atoms with E-state index in [2.05, 4.69) is 0 Å². The average molecular weight is 90.1 g/mol. The predicted molar refractivity (Wildman–Crippen MR) is 23.9 cm³/mol. The normalized spacial score (nSPS) is 20.0. The first kappa shape index (κ1) is 5.88. The molecule has 0 spiro atoms. The second-order valence-electron chi connectivity index (χ2n) is 1.56. The third kappa shape index (κ3) is 3.88. The highest BCUT2D eigenvalue weighted by molar-refractivity contribution is 4.60. The Labute approximate surface area is 36.9 Å². The first-order chi connectivity index (χ1) is 2.56. The molecule has 0 aromatic carbocycles. The molecule has 38 valence electrons. The summed E-state index contributed by atoms with van der Waals surface area (Å²) in [6.45, 7) is 1.56. The van der Waals surface area contributed by atoms with Crippen LogP contribution in [0.2, 0.25) is 0 Å². The lowest BCUT2D eigenvalue weighted by atomic mass is 10.3. The topological polar surface area (TPSA) is 72.3 Å². The summed E-state index contributed by atoms with van der Waals surface area (Å²) in [4.78, 5) is 0. The smallest absolute Gasteiger partial charge is 0.123 e. The lowest BCUT2D eigenvalue weighted by Gasteiger charge is -2.11. The van der Waals surface area contributed by atoms with Gasteiger partial charge in [-0.1, -0.05) is 0 Å². The van der Waals surface area contributed by atoms with E-state index in [1.54, 1.807) is 0 Å². The molecular weight excluding hydrogens is 80.0 g/mol. The Balaban J connectivity index is 3.17. The van der Waals surface area contributed by atoms with Crippen LogP contribution in [0, 0.1) is 0 Å². The second-order valence-corrected chi connectivity index (χ2v) is 1.56. The standard InChI is InChI=1S/C3H10N2O/c1-3(5,6)2-4/h6H,2,4-5H2,1H3/t3-/m0/s1. The van der Waals surface area contributed by atoms with Crippen molar-refractivity contribution in [2.75, 3.05) is 6.54 Å². The molecule has 0 saturated carbocycles. The van der Waals surface area contributed by atoms with Crippen LogP contribution in [0.15, 0.2) is 0 Å². The van der Waals surface area contributed by atoms with Crippen LogP contribution in [0.3, 0.4) is 0 Å². The molecule has 0 saturated heterocycles. The molecule has 0 aliphatic heterocycles. The zero-order chi connectivity index (χ0) is 5.21. The van der Waals surface area contributed by atoms with Gasteiger partial charge in [0.1, 0.15) is 5.72 Å². The number of rotatable bonds is 1. The summed E-state index contributed by atoms with van der Waals surface area (Å²) < 4.78 is 0. The minimum absolute atomic E-state index is 0.104. The summed E-state index contributed by atoms with van der Waals surface area (Å²) in [7, 11) is 0. The van der Waals surface area contributed by atoms with Gasteiger partial charge in [0, 0.05) is 6.54 Å². The van der Waals surface area contributed by atoms with Crippen molar-refractivity contribution in [2.45, 2.75) is 12.6 Å². The summed E-state index contributed by atoms with van der Waals surface area (Å²) in [5.41, 5.74) is 8.72. The average Bonchev–Trinajstić information content (AvgIpc) is 1.35. The Morgan fingerprint density at radius 2 is 2.00 bits per heavy atom. The van der Waals surface area contributed by atoms with Crippen LogP contribution >= 0.6 is 0 Å². The van der Waals surface area contributed by atoms with Crippen molar-refractivity contribution in [1.82, 2.24) is 0 Å². The molecule has 0 amide bonds. The summed E-state index contributed by atoms with van der Waals surface area (Å²) in [6.07, 6.45) is 0. The van der Waals surface area contributed by atoms with Gasteiger partial charge in [-0.25, -0.2) is 0 Å². The Hall–Kier alpha value is -0.120. The maximum absolute atomic E-state index is 8.48. The number of hydrogen-bond acceptors (Lipinski definition) is 3. The highest BCUT2D eigenvalue weighted by atomic mass is 16.3. The molecule has 0 rings (SSSR count). The van der Waals surface area contributed by atoms with Gasteiger partial charge >= 0.3 is 0 Å². The zero-order valence-electron chi connectivity index (χ0n) is 3.81. The van der Waals surface area contributed by atoms with Crippen molar-refractivity contribution in [3.8, 4) is 0 Å². The monoisotopic (exact) mass is 90.1 g/mol. The summed E-state index contributed by atoms with van der Waals surface area (Å²) in [5, 5.41) is 8.48. The zero-order valence-corrected chi connectivity index (χ0v) is 3.81. The van der Waals surface area contributed by atoms with Crippen LogP contribution in [-0.2, 0) is 0 Å². The molecule has 0 radical (unpaired) electrons. The number of hydrogen-bond donors (Lipinski definition) is 3. The van der Waals surface area contributed by atoms with Crippen LogP contribution in [0.5, 0.6) is 0 Å². The van der Waals surface area contributed by atoms with Crippen molar-refractivity contribution < 1.29 is 5.11 Å². The van der Waals surface area contributed by atoms with E-state index in [-0.39, 0.29) is 6.54 Å². The SMILES string of the molecule is C[C@](N)(O)CN. The molecule has 5 N–H and O–H groups in total. The van der Waals surface area contributed by atoms with E-state index in [1.807, 2.05) is 0 Å². The number of nitrogens with two attached hydrogens (primary N) is 2. The third-order valence-electron chi connectivity index (χ3n) is 0.413. The van der Waals surface area contributed by atoms with Gasteiger partial charge in [-0.05, 0) is 6.92 Å². The maximum Gasteiger partial charge on any atom is 0.123 e. The van der Waals surface area contributed by atoms with Crippen molar-refractivity contribution >= 4 is 0 Å². The molecule has 0 unspecified atom stereocenters. The van der Waals surface area contributed by atoms with Crippen molar-refractivity contribution in [2.24, 2.45) is 11.5 Å². The van der Waals surface area contributed by atoms with E-state index in [1.165, 1.54) is 6.92 Å². The van der Waals surface area contributed by atoms with E-state index >= 15 is 0 Å². The van der Waals surface area contributed by atoms with Crippen LogP contribution in [0.4, 0.5) is 0 Å². The molecule has 0 heterocycles. The minimum atomic E-state index is -1.18. The van der Waals surface area contributed by atoms with Crippen LogP contribution < -0.4 is 11.5 Å². The maximum atomic E-state index is 8.48. The fourth-order valence-corrected chi connectivity index (χ4v) is 0. The molecule has 0 aromatic heterocycles. The molecule has 3 nitrogen and oxygen atoms in total.